The first-order chi connectivity index (χ1) is 16.3. The van der Waals surface area contributed by atoms with Crippen molar-refractivity contribution in [2.45, 2.75) is 18.6 Å². The van der Waals surface area contributed by atoms with Crippen LogP contribution >= 0.6 is 0 Å². The van der Waals surface area contributed by atoms with Gasteiger partial charge in [-0.25, -0.2) is 9.97 Å². The van der Waals surface area contributed by atoms with Gasteiger partial charge in [-0.3, -0.25) is 4.79 Å². The van der Waals surface area contributed by atoms with Gasteiger partial charge in [-0.05, 0) is 61.0 Å². The number of halogens is 3. The molecule has 4 rings (SSSR count). The third kappa shape index (κ3) is 5.70. The van der Waals surface area contributed by atoms with E-state index in [2.05, 4.69) is 32.5 Å². The Morgan fingerprint density at radius 2 is 1.88 bits per heavy atom. The average Bonchev–Trinajstić information content (AvgIpc) is 3.33. The highest BCUT2D eigenvalue weighted by atomic mass is 19.4. The zero-order valence-corrected chi connectivity index (χ0v) is 18.0. The number of aromatic nitrogens is 2. The van der Waals surface area contributed by atoms with Crippen LogP contribution in [0.15, 0.2) is 67.4 Å². The van der Waals surface area contributed by atoms with Crippen molar-refractivity contribution in [1.82, 2.24) is 9.97 Å². The van der Waals surface area contributed by atoms with Crippen molar-refractivity contribution >= 4 is 28.8 Å². The lowest BCUT2D eigenvalue weighted by atomic mass is 10.1. The fourth-order valence-electron chi connectivity index (χ4n) is 3.43. The molecular weight excluding hydrogens is 447 g/mol. The maximum absolute atomic E-state index is 12.9. The monoisotopic (exact) mass is 469 g/mol. The second-order valence-corrected chi connectivity index (χ2v) is 7.62. The van der Waals surface area contributed by atoms with Crippen molar-refractivity contribution in [2.75, 3.05) is 29.2 Å². The molecule has 1 saturated heterocycles. The summed E-state index contributed by atoms with van der Waals surface area (Å²) in [4.78, 5) is 20.7. The Kier molecular flexibility index (Phi) is 6.78. The number of amides is 1. The first-order valence-corrected chi connectivity index (χ1v) is 10.5. The molecular formula is C24H22F3N5O2. The van der Waals surface area contributed by atoms with Crippen LogP contribution in [-0.2, 0) is 15.7 Å². The Bertz CT molecular complexity index is 1180. The Morgan fingerprint density at radius 1 is 1.12 bits per heavy atom. The largest absolute Gasteiger partial charge is 0.416 e. The third-order valence-electron chi connectivity index (χ3n) is 5.14. The van der Waals surface area contributed by atoms with E-state index < -0.39 is 11.7 Å². The van der Waals surface area contributed by atoms with Gasteiger partial charge in [0.15, 0.2) is 5.82 Å². The molecule has 2 heterocycles. The summed E-state index contributed by atoms with van der Waals surface area (Å²) >= 11 is 0. The number of rotatable bonds is 7. The summed E-state index contributed by atoms with van der Waals surface area (Å²) in [5.41, 5.74) is 1.31. The standard InChI is InChI=1S/C24H22F3N5O2/c1-2-22(33)31-17-7-8-20(29-16-5-3-15(4-6-16)24(25,26)27)19(13-17)23-28-11-9-21(32-23)30-18-10-12-34-14-18/h2-9,11,13,18,29H,1,10,12,14H2,(H,31,33)(H,28,30,32). The lowest BCUT2D eigenvalue weighted by Gasteiger charge is -2.16. The van der Waals surface area contributed by atoms with Gasteiger partial charge in [-0.1, -0.05) is 6.58 Å². The summed E-state index contributed by atoms with van der Waals surface area (Å²) in [6, 6.07) is 11.6. The van der Waals surface area contributed by atoms with Crippen molar-refractivity contribution < 1.29 is 22.7 Å². The minimum absolute atomic E-state index is 0.144. The van der Waals surface area contributed by atoms with Crippen LogP contribution in [-0.4, -0.2) is 35.1 Å². The van der Waals surface area contributed by atoms with Crippen LogP contribution in [0, 0.1) is 0 Å². The van der Waals surface area contributed by atoms with Crippen LogP contribution in [0.1, 0.15) is 12.0 Å². The van der Waals surface area contributed by atoms with E-state index in [1.807, 2.05) is 0 Å². The van der Waals surface area contributed by atoms with Gasteiger partial charge >= 0.3 is 6.18 Å². The molecule has 1 unspecified atom stereocenters. The van der Waals surface area contributed by atoms with Gasteiger partial charge < -0.3 is 20.7 Å². The lowest BCUT2D eigenvalue weighted by Crippen LogP contribution is -2.19. The summed E-state index contributed by atoms with van der Waals surface area (Å²) in [6.07, 6.45) is -0.792. The summed E-state index contributed by atoms with van der Waals surface area (Å²) in [7, 11) is 0. The van der Waals surface area contributed by atoms with E-state index in [0.717, 1.165) is 24.6 Å². The summed E-state index contributed by atoms with van der Waals surface area (Å²) in [6.45, 7) is 4.72. The molecule has 1 aliphatic rings. The normalized spacial score (nSPS) is 15.6. The number of hydrogen-bond acceptors (Lipinski definition) is 6. The molecule has 1 fully saturated rings. The molecule has 10 heteroatoms. The van der Waals surface area contributed by atoms with Gasteiger partial charge in [0.1, 0.15) is 5.82 Å². The highest BCUT2D eigenvalue weighted by Gasteiger charge is 2.30. The van der Waals surface area contributed by atoms with E-state index in [1.165, 1.54) is 12.1 Å². The van der Waals surface area contributed by atoms with Crippen LogP contribution < -0.4 is 16.0 Å². The maximum atomic E-state index is 12.9. The van der Waals surface area contributed by atoms with Gasteiger partial charge in [0, 0.05) is 35.4 Å². The molecule has 0 aliphatic carbocycles. The van der Waals surface area contributed by atoms with E-state index in [0.29, 0.717) is 47.5 Å². The topological polar surface area (TPSA) is 88.2 Å². The molecule has 1 atom stereocenters. The molecule has 0 bridgehead atoms. The second kappa shape index (κ2) is 9.92. The molecule has 1 aliphatic heterocycles. The number of anilines is 4. The maximum Gasteiger partial charge on any atom is 0.416 e. The summed E-state index contributed by atoms with van der Waals surface area (Å²) < 4.78 is 44.1. The number of nitrogens with zero attached hydrogens (tertiary/aromatic N) is 2. The van der Waals surface area contributed by atoms with E-state index in [9.17, 15) is 18.0 Å². The lowest BCUT2D eigenvalue weighted by molar-refractivity contribution is -0.137. The highest BCUT2D eigenvalue weighted by molar-refractivity contribution is 5.99. The van der Waals surface area contributed by atoms with Gasteiger partial charge in [0.2, 0.25) is 5.91 Å². The SMILES string of the molecule is C=CC(=O)Nc1ccc(Nc2ccc(C(F)(F)F)cc2)c(-c2nccc(NC3CCOC3)n2)c1. The first kappa shape index (κ1) is 23.2. The van der Waals surface area contributed by atoms with E-state index >= 15 is 0 Å². The number of alkyl halides is 3. The molecule has 1 aromatic heterocycles. The van der Waals surface area contributed by atoms with E-state index in [4.69, 9.17) is 4.74 Å². The summed E-state index contributed by atoms with van der Waals surface area (Å²) in [5, 5.41) is 9.12. The molecule has 3 N–H and O–H groups in total. The molecule has 7 nitrogen and oxygen atoms in total. The number of carbonyl (C=O) groups is 1. The Morgan fingerprint density at radius 3 is 2.56 bits per heavy atom. The zero-order chi connectivity index (χ0) is 24.1. The minimum atomic E-state index is -4.42. The van der Waals surface area contributed by atoms with Crippen molar-refractivity contribution in [3.05, 3.63) is 72.9 Å². The van der Waals surface area contributed by atoms with Gasteiger partial charge in [0.25, 0.3) is 0 Å². The second-order valence-electron chi connectivity index (χ2n) is 7.62. The highest BCUT2D eigenvalue weighted by Crippen LogP contribution is 2.34. The van der Waals surface area contributed by atoms with Gasteiger partial charge in [-0.2, -0.15) is 13.2 Å². The fraction of sp³-hybridized carbons (Fsp3) is 0.208. The number of benzene rings is 2. The van der Waals surface area contributed by atoms with Crippen molar-refractivity contribution in [3.8, 4) is 11.4 Å². The molecule has 34 heavy (non-hydrogen) atoms. The fourth-order valence-corrected chi connectivity index (χ4v) is 3.43. The Labute approximate surface area is 194 Å². The Hall–Kier alpha value is -3.92. The average molecular weight is 469 g/mol. The zero-order valence-electron chi connectivity index (χ0n) is 18.0. The number of ether oxygens (including phenoxy) is 1. The van der Waals surface area contributed by atoms with Gasteiger partial charge in [0.05, 0.1) is 18.2 Å². The van der Waals surface area contributed by atoms with Crippen LogP contribution in [0.4, 0.5) is 36.1 Å². The van der Waals surface area contributed by atoms with E-state index in [1.54, 1.807) is 30.5 Å². The van der Waals surface area contributed by atoms with Gasteiger partial charge in [-0.15, -0.1) is 0 Å². The predicted molar refractivity (Wildman–Crippen MR) is 124 cm³/mol. The number of nitrogens with one attached hydrogen (secondary N) is 3. The predicted octanol–water partition coefficient (Wildman–Crippen LogP) is 5.23. The smallest absolute Gasteiger partial charge is 0.379 e. The van der Waals surface area contributed by atoms with Crippen molar-refractivity contribution in [3.63, 3.8) is 0 Å². The van der Waals surface area contributed by atoms with Crippen molar-refractivity contribution in [1.29, 1.82) is 0 Å². The van der Waals surface area contributed by atoms with Crippen LogP contribution in [0.5, 0.6) is 0 Å². The van der Waals surface area contributed by atoms with E-state index in [-0.39, 0.29) is 11.9 Å². The molecule has 1 amide bonds. The Balaban J connectivity index is 1.66. The number of carbonyl (C=O) groups excluding carboxylic acids is 1. The molecule has 0 saturated carbocycles. The number of hydrogen-bond donors (Lipinski definition) is 3. The molecule has 2 aromatic carbocycles. The summed E-state index contributed by atoms with van der Waals surface area (Å²) in [5.74, 6) is 0.599. The third-order valence-corrected chi connectivity index (χ3v) is 5.14. The minimum Gasteiger partial charge on any atom is -0.379 e. The molecule has 0 spiro atoms. The molecule has 3 aromatic rings. The van der Waals surface area contributed by atoms with Crippen LogP contribution in [0.25, 0.3) is 11.4 Å². The quantitative estimate of drug-likeness (QED) is 0.411. The van der Waals surface area contributed by atoms with Crippen molar-refractivity contribution in [2.24, 2.45) is 0 Å². The van der Waals surface area contributed by atoms with Crippen LogP contribution in [0.2, 0.25) is 0 Å². The molecule has 0 radical (unpaired) electrons. The van der Waals surface area contributed by atoms with Crippen LogP contribution in [0.3, 0.4) is 0 Å². The first-order valence-electron chi connectivity index (χ1n) is 10.5. The molecule has 176 valence electrons.